The summed E-state index contributed by atoms with van der Waals surface area (Å²) in [5.74, 6) is 0. The van der Waals surface area contributed by atoms with Crippen LogP contribution in [0.4, 0.5) is 0 Å². The second-order valence-corrected chi connectivity index (χ2v) is 3.95. The second-order valence-electron chi connectivity index (χ2n) is 3.95. The topological polar surface area (TPSA) is 9.23 Å². The van der Waals surface area contributed by atoms with Crippen LogP contribution in [0.25, 0.3) is 6.08 Å². The molecule has 1 heteroatoms. The van der Waals surface area contributed by atoms with Gasteiger partial charge in [-0.25, -0.2) is 0 Å². The van der Waals surface area contributed by atoms with Crippen molar-refractivity contribution in [3.63, 3.8) is 0 Å². The van der Waals surface area contributed by atoms with Crippen molar-refractivity contribution in [1.82, 2.24) is 0 Å². The van der Waals surface area contributed by atoms with Gasteiger partial charge in [-0.3, -0.25) is 0 Å². The number of ether oxygens (including phenoxy) is 1. The zero-order valence-electron chi connectivity index (χ0n) is 10.2. The van der Waals surface area contributed by atoms with Gasteiger partial charge < -0.3 is 4.74 Å². The average Bonchev–Trinajstić information content (AvgIpc) is 2.34. The molecule has 0 N–H and O–H groups in total. The fraction of sp³-hybridized carbons (Fsp3) is 0.467. The van der Waals surface area contributed by atoms with E-state index < -0.39 is 0 Å². The van der Waals surface area contributed by atoms with E-state index in [0.29, 0.717) is 0 Å². The lowest BCUT2D eigenvalue weighted by molar-refractivity contribution is 0.157. The molecule has 0 atom stereocenters. The van der Waals surface area contributed by atoms with Gasteiger partial charge in [0, 0.05) is 6.61 Å². The summed E-state index contributed by atoms with van der Waals surface area (Å²) in [5.41, 5.74) is 1.23. The first-order valence-electron chi connectivity index (χ1n) is 6.23. The van der Waals surface area contributed by atoms with Gasteiger partial charge >= 0.3 is 0 Å². The Morgan fingerprint density at radius 2 is 1.88 bits per heavy atom. The minimum atomic E-state index is 0.723. The number of rotatable bonds is 8. The highest BCUT2D eigenvalue weighted by atomic mass is 16.5. The molecule has 0 spiro atoms. The smallest absolute Gasteiger partial charge is 0.0650 e. The van der Waals surface area contributed by atoms with Crippen molar-refractivity contribution in [1.29, 1.82) is 0 Å². The molecule has 1 aromatic carbocycles. The van der Waals surface area contributed by atoms with Crippen LogP contribution >= 0.6 is 0 Å². The molecule has 0 aliphatic carbocycles. The number of unbranched alkanes of at least 4 members (excludes halogenated alkanes) is 3. The Balaban J connectivity index is 2.01. The summed E-state index contributed by atoms with van der Waals surface area (Å²) in [5, 5.41) is 0. The van der Waals surface area contributed by atoms with E-state index in [1.165, 1.54) is 31.2 Å². The summed E-state index contributed by atoms with van der Waals surface area (Å²) < 4.78 is 5.52. The monoisotopic (exact) mass is 218 g/mol. The van der Waals surface area contributed by atoms with Gasteiger partial charge in [0.25, 0.3) is 0 Å². The SMILES string of the molecule is CCCCCCOCC=Cc1ccccc1. The molecular weight excluding hydrogens is 196 g/mol. The molecule has 0 aliphatic heterocycles. The van der Waals surface area contributed by atoms with Crippen LogP contribution in [0, 0.1) is 0 Å². The van der Waals surface area contributed by atoms with Crippen molar-refractivity contribution in [3.05, 3.63) is 42.0 Å². The first-order valence-corrected chi connectivity index (χ1v) is 6.23. The maximum Gasteiger partial charge on any atom is 0.0650 e. The molecule has 0 amide bonds. The maximum absolute atomic E-state index is 5.52. The Morgan fingerprint density at radius 3 is 2.62 bits per heavy atom. The van der Waals surface area contributed by atoms with Gasteiger partial charge in [0.1, 0.15) is 0 Å². The van der Waals surface area contributed by atoms with E-state index in [-0.39, 0.29) is 0 Å². The van der Waals surface area contributed by atoms with Gasteiger partial charge in [0.2, 0.25) is 0 Å². The summed E-state index contributed by atoms with van der Waals surface area (Å²) >= 11 is 0. The standard InChI is InChI=1S/C15H22O/c1-2-3-4-8-13-16-14-9-12-15-10-6-5-7-11-15/h5-7,9-12H,2-4,8,13-14H2,1H3. The van der Waals surface area contributed by atoms with E-state index in [0.717, 1.165) is 13.2 Å². The third-order valence-electron chi connectivity index (χ3n) is 2.47. The Kier molecular flexibility index (Phi) is 7.44. The molecule has 0 radical (unpaired) electrons. The van der Waals surface area contributed by atoms with E-state index >= 15 is 0 Å². The molecule has 0 bridgehead atoms. The van der Waals surface area contributed by atoms with E-state index in [1.807, 2.05) is 18.2 Å². The first kappa shape index (κ1) is 13.0. The summed E-state index contributed by atoms with van der Waals surface area (Å²) in [6.07, 6.45) is 9.27. The lowest BCUT2D eigenvalue weighted by Crippen LogP contribution is -1.93. The molecule has 0 saturated carbocycles. The fourth-order valence-electron chi connectivity index (χ4n) is 1.53. The molecule has 0 heterocycles. The fourth-order valence-corrected chi connectivity index (χ4v) is 1.53. The lowest BCUT2D eigenvalue weighted by atomic mass is 10.2. The van der Waals surface area contributed by atoms with Crippen molar-refractivity contribution < 1.29 is 4.74 Å². The van der Waals surface area contributed by atoms with Crippen LogP contribution in [-0.2, 0) is 4.74 Å². The molecule has 0 aliphatic rings. The molecule has 0 saturated heterocycles. The Morgan fingerprint density at radius 1 is 1.06 bits per heavy atom. The van der Waals surface area contributed by atoms with E-state index in [4.69, 9.17) is 4.74 Å². The molecule has 1 nitrogen and oxygen atoms in total. The molecule has 0 aromatic heterocycles. The van der Waals surface area contributed by atoms with Crippen molar-refractivity contribution in [3.8, 4) is 0 Å². The number of benzene rings is 1. The molecule has 0 fully saturated rings. The predicted molar refractivity (Wildman–Crippen MR) is 70.4 cm³/mol. The van der Waals surface area contributed by atoms with E-state index in [1.54, 1.807) is 0 Å². The highest BCUT2D eigenvalue weighted by molar-refractivity contribution is 5.48. The molecule has 1 aromatic rings. The Hall–Kier alpha value is -1.08. The molecule has 16 heavy (non-hydrogen) atoms. The van der Waals surface area contributed by atoms with Crippen molar-refractivity contribution in [2.24, 2.45) is 0 Å². The number of hydrogen-bond acceptors (Lipinski definition) is 1. The lowest BCUT2D eigenvalue weighted by Gasteiger charge is -2.00. The van der Waals surface area contributed by atoms with Crippen molar-refractivity contribution >= 4 is 6.08 Å². The van der Waals surface area contributed by atoms with Crippen LogP contribution in [-0.4, -0.2) is 13.2 Å². The third-order valence-corrected chi connectivity index (χ3v) is 2.47. The molecule has 88 valence electrons. The maximum atomic E-state index is 5.52. The normalized spacial score (nSPS) is 11.1. The van der Waals surface area contributed by atoms with Gasteiger partial charge in [-0.05, 0) is 12.0 Å². The second kappa shape index (κ2) is 9.17. The minimum absolute atomic E-state index is 0.723. The van der Waals surface area contributed by atoms with Crippen LogP contribution < -0.4 is 0 Å². The van der Waals surface area contributed by atoms with Gasteiger partial charge in [-0.2, -0.15) is 0 Å². The first-order chi connectivity index (χ1) is 7.93. The van der Waals surface area contributed by atoms with Gasteiger partial charge in [-0.15, -0.1) is 0 Å². The van der Waals surface area contributed by atoms with Gasteiger partial charge in [0.05, 0.1) is 6.61 Å². The average molecular weight is 218 g/mol. The van der Waals surface area contributed by atoms with Crippen molar-refractivity contribution in [2.45, 2.75) is 32.6 Å². The van der Waals surface area contributed by atoms with E-state index in [2.05, 4.69) is 31.2 Å². The summed E-state index contributed by atoms with van der Waals surface area (Å²) in [4.78, 5) is 0. The Bertz CT molecular complexity index is 277. The largest absolute Gasteiger partial charge is 0.377 e. The molecule has 0 unspecified atom stereocenters. The zero-order valence-corrected chi connectivity index (χ0v) is 10.2. The molecular formula is C15H22O. The summed E-state index contributed by atoms with van der Waals surface area (Å²) in [6.45, 7) is 3.84. The predicted octanol–water partition coefficient (Wildman–Crippen LogP) is 4.30. The van der Waals surface area contributed by atoms with Crippen LogP contribution in [0.3, 0.4) is 0 Å². The third kappa shape index (κ3) is 6.41. The molecule has 1 rings (SSSR count). The van der Waals surface area contributed by atoms with Crippen LogP contribution in [0.2, 0.25) is 0 Å². The highest BCUT2D eigenvalue weighted by Gasteiger charge is 1.87. The van der Waals surface area contributed by atoms with E-state index in [9.17, 15) is 0 Å². The van der Waals surface area contributed by atoms with Crippen LogP contribution in [0.15, 0.2) is 36.4 Å². The van der Waals surface area contributed by atoms with Gasteiger partial charge in [0.15, 0.2) is 0 Å². The highest BCUT2D eigenvalue weighted by Crippen LogP contribution is 2.01. The van der Waals surface area contributed by atoms with Crippen LogP contribution in [0.1, 0.15) is 38.2 Å². The zero-order chi connectivity index (χ0) is 11.5. The summed E-state index contributed by atoms with van der Waals surface area (Å²) in [7, 11) is 0. The Labute approximate surface area is 99.1 Å². The summed E-state index contributed by atoms with van der Waals surface area (Å²) in [6, 6.07) is 10.3. The van der Waals surface area contributed by atoms with Crippen LogP contribution in [0.5, 0.6) is 0 Å². The minimum Gasteiger partial charge on any atom is -0.377 e. The van der Waals surface area contributed by atoms with Gasteiger partial charge in [-0.1, -0.05) is 68.7 Å². The van der Waals surface area contributed by atoms with Crippen molar-refractivity contribution in [2.75, 3.05) is 13.2 Å². The number of hydrogen-bond donors (Lipinski definition) is 0. The quantitative estimate of drug-likeness (QED) is 0.591.